The molecule has 1 fully saturated rings. The fraction of sp³-hybridized carbons (Fsp3) is 0.231. The fourth-order valence-electron chi connectivity index (χ4n) is 4.02. The molecule has 182 valence electrons. The minimum Gasteiger partial charge on any atom is -0.507 e. The molecule has 2 heterocycles. The quantitative estimate of drug-likeness (QED) is 0.469. The lowest BCUT2D eigenvalue weighted by Crippen LogP contribution is -2.21. The molecule has 1 aliphatic heterocycles. The van der Waals surface area contributed by atoms with Crippen LogP contribution in [0.4, 0.5) is 15.8 Å². The summed E-state index contributed by atoms with van der Waals surface area (Å²) in [5.41, 5.74) is 2.83. The largest absolute Gasteiger partial charge is 0.507 e. The summed E-state index contributed by atoms with van der Waals surface area (Å²) in [5.74, 6) is -0.645. The number of carbonyl (C=O) groups excluding carboxylic acids is 1. The van der Waals surface area contributed by atoms with Crippen molar-refractivity contribution in [3.63, 3.8) is 0 Å². The minimum absolute atomic E-state index is 0.115. The second-order valence-electron chi connectivity index (χ2n) is 8.61. The van der Waals surface area contributed by atoms with E-state index in [9.17, 15) is 19.4 Å². The number of carbonyl (C=O) groups is 1. The molecule has 1 saturated heterocycles. The highest BCUT2D eigenvalue weighted by atomic mass is 35.5. The van der Waals surface area contributed by atoms with Gasteiger partial charge in [0, 0.05) is 62.5 Å². The van der Waals surface area contributed by atoms with Crippen LogP contribution in [0.1, 0.15) is 6.42 Å². The van der Waals surface area contributed by atoms with Crippen LogP contribution in [0.3, 0.4) is 0 Å². The number of amides is 1. The van der Waals surface area contributed by atoms with Crippen molar-refractivity contribution in [3.8, 4) is 28.0 Å². The summed E-state index contributed by atoms with van der Waals surface area (Å²) in [6.07, 6.45) is 7.43. The van der Waals surface area contributed by atoms with Crippen LogP contribution in [0.15, 0.2) is 61.2 Å². The van der Waals surface area contributed by atoms with Gasteiger partial charge in [-0.3, -0.25) is 14.7 Å². The van der Waals surface area contributed by atoms with Crippen molar-refractivity contribution in [1.82, 2.24) is 9.88 Å². The van der Waals surface area contributed by atoms with Crippen molar-refractivity contribution in [2.75, 3.05) is 37.0 Å². The third-order valence-electron chi connectivity index (χ3n) is 5.81. The predicted molar refractivity (Wildman–Crippen MR) is 136 cm³/mol. The van der Waals surface area contributed by atoms with Crippen LogP contribution in [0, 0.1) is 5.82 Å². The number of hydrogen-bond donors (Lipinski definition) is 2. The normalized spacial score (nSPS) is 15.6. The molecule has 1 unspecified atom stereocenters. The Balaban J connectivity index is 1.71. The zero-order chi connectivity index (χ0) is 25.1. The Labute approximate surface area is 208 Å². The molecule has 1 amide bonds. The van der Waals surface area contributed by atoms with E-state index in [0.29, 0.717) is 42.7 Å². The van der Waals surface area contributed by atoms with Gasteiger partial charge in [-0.15, -0.1) is 0 Å². The highest BCUT2D eigenvalue weighted by Gasteiger charge is 2.22. The molecule has 0 aliphatic carbocycles. The van der Waals surface area contributed by atoms with Gasteiger partial charge < -0.3 is 20.0 Å². The third kappa shape index (κ3) is 5.39. The average molecular weight is 497 g/mol. The van der Waals surface area contributed by atoms with Crippen molar-refractivity contribution >= 4 is 29.4 Å². The van der Waals surface area contributed by atoms with Gasteiger partial charge in [0.25, 0.3) is 0 Å². The first-order valence-electron chi connectivity index (χ1n) is 11.1. The van der Waals surface area contributed by atoms with Gasteiger partial charge in [0.15, 0.2) is 0 Å². The van der Waals surface area contributed by atoms with Gasteiger partial charge in [-0.2, -0.15) is 0 Å². The van der Waals surface area contributed by atoms with Crippen molar-refractivity contribution in [3.05, 3.63) is 72.0 Å². The summed E-state index contributed by atoms with van der Waals surface area (Å²) < 4.78 is 14.7. The molecule has 2 N–H and O–H groups in total. The first-order chi connectivity index (χ1) is 16.8. The van der Waals surface area contributed by atoms with Gasteiger partial charge in [-0.05, 0) is 42.3 Å². The third-order valence-corrected chi connectivity index (χ3v) is 6.12. The second-order valence-corrected chi connectivity index (χ2v) is 9.02. The summed E-state index contributed by atoms with van der Waals surface area (Å²) in [6, 6.07) is 9.20. The molecule has 0 radical (unpaired) electrons. The Bertz CT molecular complexity index is 1270. The maximum Gasteiger partial charge on any atom is 0.218 e. The smallest absolute Gasteiger partial charge is 0.218 e. The van der Waals surface area contributed by atoms with E-state index in [1.165, 1.54) is 17.0 Å². The molecule has 1 atom stereocenters. The first kappa shape index (κ1) is 24.5. The van der Waals surface area contributed by atoms with Crippen LogP contribution in [0.5, 0.6) is 5.75 Å². The van der Waals surface area contributed by atoms with Gasteiger partial charge in [0.05, 0.1) is 28.7 Å². The van der Waals surface area contributed by atoms with E-state index in [4.69, 9.17) is 11.6 Å². The molecule has 0 bridgehead atoms. The van der Waals surface area contributed by atoms with E-state index in [0.717, 1.165) is 5.69 Å². The van der Waals surface area contributed by atoms with Gasteiger partial charge >= 0.3 is 0 Å². The lowest BCUT2D eigenvalue weighted by Gasteiger charge is -2.19. The maximum atomic E-state index is 14.7. The number of rotatable bonds is 7. The molecule has 0 saturated carbocycles. The molecule has 35 heavy (non-hydrogen) atoms. The molecule has 3 aromatic rings. The highest BCUT2D eigenvalue weighted by Crippen LogP contribution is 2.41. The van der Waals surface area contributed by atoms with E-state index in [1.54, 1.807) is 47.9 Å². The zero-order valence-electron chi connectivity index (χ0n) is 19.4. The van der Waals surface area contributed by atoms with Crippen LogP contribution >= 0.6 is 11.6 Å². The molecule has 2 aromatic carbocycles. The van der Waals surface area contributed by atoms with Crippen molar-refractivity contribution in [2.45, 2.75) is 12.5 Å². The minimum atomic E-state index is -0.529. The van der Waals surface area contributed by atoms with Crippen LogP contribution in [-0.4, -0.2) is 59.8 Å². The van der Waals surface area contributed by atoms with Crippen LogP contribution in [-0.2, 0) is 4.79 Å². The number of phenolic OH excluding ortho intramolecular Hbond substituents is 1. The molecule has 1 aliphatic rings. The Morgan fingerprint density at radius 2 is 1.86 bits per heavy atom. The van der Waals surface area contributed by atoms with E-state index in [-0.39, 0.29) is 21.9 Å². The second kappa shape index (κ2) is 10.3. The monoisotopic (exact) mass is 496 g/mol. The number of aromatic nitrogens is 1. The number of halogens is 2. The number of hydrogen-bond acceptors (Lipinski definition) is 6. The van der Waals surface area contributed by atoms with Crippen molar-refractivity contribution in [2.24, 2.45) is 0 Å². The number of phenols is 1. The van der Waals surface area contributed by atoms with Gasteiger partial charge in [0.1, 0.15) is 11.6 Å². The molecular weight excluding hydrogens is 471 g/mol. The lowest BCUT2D eigenvalue weighted by molar-refractivity contribution is -0.106. The Kier molecular flexibility index (Phi) is 7.23. The summed E-state index contributed by atoms with van der Waals surface area (Å²) in [5, 5.41) is 21.2. The van der Waals surface area contributed by atoms with Gasteiger partial charge in [0.2, 0.25) is 6.41 Å². The standard InChI is InChI=1S/C26H26ClFN4O3/c1-30(2)7-8-32(16-33)25-4-3-17(10-24(25)27)22-11-19(28)12-23(26(22)35)18-9-20(14-29-13-18)31-6-5-21(34)15-31/h3-4,7-14,16,21,34-35H,5-6,15H2,1-2H3/b8-7-. The Morgan fingerprint density at radius 1 is 1.11 bits per heavy atom. The lowest BCUT2D eigenvalue weighted by atomic mass is 9.97. The fourth-order valence-corrected chi connectivity index (χ4v) is 4.30. The zero-order valence-corrected chi connectivity index (χ0v) is 20.2. The number of benzene rings is 2. The van der Waals surface area contributed by atoms with E-state index in [2.05, 4.69) is 4.98 Å². The van der Waals surface area contributed by atoms with Crippen LogP contribution in [0.25, 0.3) is 22.3 Å². The molecule has 4 rings (SSSR count). The SMILES string of the molecule is CN(C)/C=C\N(C=O)c1ccc(-c2cc(F)cc(-c3cncc(N4CCC(O)C4)c3)c2O)cc1Cl. The molecule has 9 heteroatoms. The molecule has 0 spiro atoms. The van der Waals surface area contributed by atoms with E-state index in [1.807, 2.05) is 25.1 Å². The Morgan fingerprint density at radius 3 is 2.49 bits per heavy atom. The summed E-state index contributed by atoms with van der Waals surface area (Å²) in [7, 11) is 3.66. The average Bonchev–Trinajstić information content (AvgIpc) is 3.27. The highest BCUT2D eigenvalue weighted by molar-refractivity contribution is 6.34. The maximum absolute atomic E-state index is 14.7. The number of β-amino-alcohol motifs (C(OH)–C–C–N with tert-alkyl or cyclic N) is 1. The number of nitrogens with zero attached hydrogens (tertiary/aromatic N) is 4. The number of aromatic hydroxyl groups is 1. The van der Waals surface area contributed by atoms with E-state index < -0.39 is 11.9 Å². The number of aliphatic hydroxyl groups is 1. The van der Waals surface area contributed by atoms with Crippen molar-refractivity contribution < 1.29 is 19.4 Å². The molecule has 1 aromatic heterocycles. The van der Waals surface area contributed by atoms with Crippen LogP contribution < -0.4 is 9.80 Å². The van der Waals surface area contributed by atoms with Gasteiger partial charge in [-0.1, -0.05) is 17.7 Å². The van der Waals surface area contributed by atoms with Crippen molar-refractivity contribution in [1.29, 1.82) is 0 Å². The van der Waals surface area contributed by atoms with E-state index >= 15 is 0 Å². The topological polar surface area (TPSA) is 80.1 Å². The van der Waals surface area contributed by atoms with Gasteiger partial charge in [-0.25, -0.2) is 4.39 Å². The Hall–Kier alpha value is -3.62. The van der Waals surface area contributed by atoms with Crippen LogP contribution in [0.2, 0.25) is 5.02 Å². The first-order valence-corrected chi connectivity index (χ1v) is 11.4. The predicted octanol–water partition coefficient (Wildman–Crippen LogP) is 4.48. The summed E-state index contributed by atoms with van der Waals surface area (Å²) in [6.45, 7) is 1.19. The molecular formula is C26H26ClFN4O3. The summed E-state index contributed by atoms with van der Waals surface area (Å²) in [4.78, 5) is 20.9. The number of pyridine rings is 1. The number of anilines is 2. The summed E-state index contributed by atoms with van der Waals surface area (Å²) >= 11 is 6.46. The number of aliphatic hydroxyl groups excluding tert-OH is 1. The molecule has 7 nitrogen and oxygen atoms in total.